The van der Waals surface area contributed by atoms with Crippen LogP contribution in [0.4, 0.5) is 5.69 Å². The average molecular weight is 548 g/mol. The number of benzene rings is 2. The summed E-state index contributed by atoms with van der Waals surface area (Å²) in [6.07, 6.45) is 2.74. The summed E-state index contributed by atoms with van der Waals surface area (Å²) < 4.78 is 37.4. The van der Waals surface area contributed by atoms with Crippen molar-refractivity contribution in [1.82, 2.24) is 10.2 Å². The Morgan fingerprint density at radius 3 is 2.29 bits per heavy atom. The number of hydrogen-bond donors (Lipinski definition) is 1. The first-order chi connectivity index (χ1) is 18.2. The second-order valence-electron chi connectivity index (χ2n) is 8.92. The van der Waals surface area contributed by atoms with Gasteiger partial charge in [-0.05, 0) is 56.0 Å². The number of hydrogen-bond acceptors (Lipinski definition) is 6. The van der Waals surface area contributed by atoms with Crippen molar-refractivity contribution in [3.8, 4) is 11.5 Å². The molecule has 10 heteroatoms. The Morgan fingerprint density at radius 1 is 1.03 bits per heavy atom. The summed E-state index contributed by atoms with van der Waals surface area (Å²) in [6, 6.07) is 13.7. The van der Waals surface area contributed by atoms with E-state index in [-0.39, 0.29) is 37.7 Å². The summed E-state index contributed by atoms with van der Waals surface area (Å²) in [6.45, 7) is 6.96. The quantitative estimate of drug-likeness (QED) is 0.341. The van der Waals surface area contributed by atoms with Gasteiger partial charge in [-0.1, -0.05) is 38.1 Å². The Hall–Kier alpha value is -3.27. The summed E-state index contributed by atoms with van der Waals surface area (Å²) in [5.41, 5.74) is 1.30. The van der Waals surface area contributed by atoms with E-state index >= 15 is 0 Å². The van der Waals surface area contributed by atoms with Gasteiger partial charge >= 0.3 is 0 Å². The molecule has 38 heavy (non-hydrogen) atoms. The van der Waals surface area contributed by atoms with Gasteiger partial charge in [0.05, 0.1) is 25.7 Å². The number of methoxy groups -OCH3 is 1. The lowest BCUT2D eigenvalue weighted by atomic mass is 10.1. The highest BCUT2D eigenvalue weighted by Gasteiger charge is 2.29. The minimum absolute atomic E-state index is 0.0799. The third kappa shape index (κ3) is 8.93. The molecule has 0 radical (unpaired) electrons. The highest BCUT2D eigenvalue weighted by atomic mass is 32.2. The van der Waals surface area contributed by atoms with Gasteiger partial charge in [0.25, 0.3) is 0 Å². The zero-order valence-corrected chi connectivity index (χ0v) is 23.9. The molecule has 0 saturated heterocycles. The molecular weight excluding hydrogens is 506 g/mol. The number of sulfonamides is 1. The lowest BCUT2D eigenvalue weighted by Crippen LogP contribution is -2.49. The maximum atomic E-state index is 13.5. The van der Waals surface area contributed by atoms with E-state index in [1.165, 1.54) is 4.31 Å². The van der Waals surface area contributed by atoms with Gasteiger partial charge in [-0.15, -0.1) is 0 Å². The van der Waals surface area contributed by atoms with Crippen molar-refractivity contribution in [3.63, 3.8) is 0 Å². The van der Waals surface area contributed by atoms with E-state index in [9.17, 15) is 18.0 Å². The molecule has 1 N–H and O–H groups in total. The first kappa shape index (κ1) is 31.0. The standard InChI is InChI=1S/C28H41N3O6S/c1-6-19-29-28(33)24(7-2)30(21-22-15-17-23(36-4)18-16-22)27(32)14-11-20-31(38(5,34)35)25-12-9-10-13-26(25)37-8-3/h9-10,12-13,15-18,24H,6-8,11,14,19-21H2,1-5H3,(H,29,33). The number of rotatable bonds is 16. The zero-order valence-electron chi connectivity index (χ0n) is 23.1. The number of anilines is 1. The van der Waals surface area contributed by atoms with Crippen molar-refractivity contribution >= 4 is 27.5 Å². The van der Waals surface area contributed by atoms with Gasteiger partial charge in [-0.2, -0.15) is 0 Å². The normalized spacial score (nSPS) is 11.9. The third-order valence-corrected chi connectivity index (χ3v) is 7.21. The maximum absolute atomic E-state index is 13.5. The van der Waals surface area contributed by atoms with Crippen LogP contribution in [0.25, 0.3) is 0 Å². The Bertz CT molecular complexity index is 1140. The topological polar surface area (TPSA) is 105 Å². The van der Waals surface area contributed by atoms with Crippen molar-refractivity contribution in [3.05, 3.63) is 54.1 Å². The third-order valence-electron chi connectivity index (χ3n) is 6.03. The van der Waals surface area contributed by atoms with Crippen LogP contribution in [0, 0.1) is 0 Å². The predicted molar refractivity (Wildman–Crippen MR) is 150 cm³/mol. The second kappa shape index (κ2) is 15.2. The van der Waals surface area contributed by atoms with Crippen LogP contribution < -0.4 is 19.1 Å². The molecule has 0 spiro atoms. The molecule has 1 atom stereocenters. The molecule has 0 heterocycles. The van der Waals surface area contributed by atoms with Gasteiger partial charge in [0, 0.05) is 26.1 Å². The predicted octanol–water partition coefficient (Wildman–Crippen LogP) is 3.97. The Morgan fingerprint density at radius 2 is 1.71 bits per heavy atom. The van der Waals surface area contributed by atoms with Crippen LogP contribution in [0.5, 0.6) is 11.5 Å². The van der Waals surface area contributed by atoms with E-state index in [4.69, 9.17) is 9.47 Å². The summed E-state index contributed by atoms with van der Waals surface area (Å²) in [5, 5.41) is 2.90. The summed E-state index contributed by atoms with van der Waals surface area (Å²) in [7, 11) is -2.04. The first-order valence-corrected chi connectivity index (χ1v) is 14.9. The fourth-order valence-electron chi connectivity index (χ4n) is 4.14. The number of amides is 2. The van der Waals surface area contributed by atoms with Crippen LogP contribution in [0.3, 0.4) is 0 Å². The highest BCUT2D eigenvalue weighted by molar-refractivity contribution is 7.92. The Kier molecular flexibility index (Phi) is 12.4. The van der Waals surface area contributed by atoms with Gasteiger partial charge in [-0.3, -0.25) is 13.9 Å². The van der Waals surface area contributed by atoms with Crippen molar-refractivity contribution in [2.75, 3.05) is 37.4 Å². The Balaban J connectivity index is 2.24. The van der Waals surface area contributed by atoms with Gasteiger partial charge < -0.3 is 19.7 Å². The lowest BCUT2D eigenvalue weighted by molar-refractivity contribution is -0.141. The molecule has 2 aromatic carbocycles. The van der Waals surface area contributed by atoms with E-state index < -0.39 is 16.1 Å². The lowest BCUT2D eigenvalue weighted by Gasteiger charge is -2.31. The molecule has 2 amide bonds. The molecule has 9 nitrogen and oxygen atoms in total. The van der Waals surface area contributed by atoms with E-state index in [0.717, 1.165) is 18.2 Å². The van der Waals surface area contributed by atoms with Crippen LogP contribution in [0.2, 0.25) is 0 Å². The SMILES string of the molecule is CCCNC(=O)C(CC)N(Cc1ccc(OC)cc1)C(=O)CCCN(c1ccccc1OCC)S(C)(=O)=O. The highest BCUT2D eigenvalue weighted by Crippen LogP contribution is 2.30. The Labute approximate surface area is 227 Å². The largest absolute Gasteiger partial charge is 0.497 e. The average Bonchev–Trinajstić information content (AvgIpc) is 2.90. The molecule has 2 aromatic rings. The van der Waals surface area contributed by atoms with Crippen LogP contribution in [0.1, 0.15) is 52.0 Å². The number of para-hydroxylation sites is 2. The van der Waals surface area contributed by atoms with Crippen LogP contribution >= 0.6 is 0 Å². The van der Waals surface area contributed by atoms with Gasteiger partial charge in [-0.25, -0.2) is 8.42 Å². The molecular formula is C28H41N3O6S. The van der Waals surface area contributed by atoms with E-state index in [2.05, 4.69) is 5.32 Å². The molecule has 0 aromatic heterocycles. The molecule has 2 rings (SSSR count). The van der Waals surface area contributed by atoms with Gasteiger partial charge in [0.2, 0.25) is 21.8 Å². The molecule has 0 bridgehead atoms. The van der Waals surface area contributed by atoms with E-state index in [0.29, 0.717) is 36.8 Å². The first-order valence-electron chi connectivity index (χ1n) is 13.1. The number of nitrogens with one attached hydrogen (secondary N) is 1. The monoisotopic (exact) mass is 547 g/mol. The molecule has 0 aliphatic rings. The molecule has 0 fully saturated rings. The number of ether oxygens (including phenoxy) is 2. The van der Waals surface area contributed by atoms with Gasteiger partial charge in [0.1, 0.15) is 17.5 Å². The zero-order chi connectivity index (χ0) is 28.1. The molecule has 0 saturated carbocycles. The minimum atomic E-state index is -3.62. The second-order valence-corrected chi connectivity index (χ2v) is 10.8. The molecule has 210 valence electrons. The number of carbonyl (C=O) groups is 2. The van der Waals surface area contributed by atoms with Crippen molar-refractivity contribution in [2.24, 2.45) is 0 Å². The van der Waals surface area contributed by atoms with Crippen molar-refractivity contribution < 1.29 is 27.5 Å². The summed E-state index contributed by atoms with van der Waals surface area (Å²) in [5.74, 6) is 0.754. The fraction of sp³-hybridized carbons (Fsp3) is 0.500. The maximum Gasteiger partial charge on any atom is 0.242 e. The fourth-order valence-corrected chi connectivity index (χ4v) is 5.11. The van der Waals surface area contributed by atoms with Crippen LogP contribution in [-0.4, -0.2) is 64.2 Å². The summed E-state index contributed by atoms with van der Waals surface area (Å²) in [4.78, 5) is 28.0. The van der Waals surface area contributed by atoms with Crippen molar-refractivity contribution in [1.29, 1.82) is 0 Å². The number of carbonyl (C=O) groups excluding carboxylic acids is 2. The molecule has 0 aliphatic carbocycles. The van der Waals surface area contributed by atoms with E-state index in [1.54, 1.807) is 36.3 Å². The summed E-state index contributed by atoms with van der Waals surface area (Å²) >= 11 is 0. The molecule has 1 unspecified atom stereocenters. The van der Waals surface area contributed by atoms with E-state index in [1.807, 2.05) is 45.0 Å². The van der Waals surface area contributed by atoms with Crippen LogP contribution in [0.15, 0.2) is 48.5 Å². The minimum Gasteiger partial charge on any atom is -0.497 e. The smallest absolute Gasteiger partial charge is 0.242 e. The van der Waals surface area contributed by atoms with Gasteiger partial charge in [0.15, 0.2) is 0 Å². The van der Waals surface area contributed by atoms with Crippen LogP contribution in [-0.2, 0) is 26.2 Å². The number of nitrogens with zero attached hydrogens (tertiary/aromatic N) is 2. The molecule has 0 aliphatic heterocycles. The van der Waals surface area contributed by atoms with Crippen molar-refractivity contribution in [2.45, 2.75) is 59.0 Å².